The van der Waals surface area contributed by atoms with Crippen molar-refractivity contribution in [3.8, 4) is 0 Å². The van der Waals surface area contributed by atoms with Gasteiger partial charge in [0.05, 0.1) is 5.69 Å². The molecule has 0 radical (unpaired) electrons. The molecule has 132 valence electrons. The van der Waals surface area contributed by atoms with Crippen LogP contribution in [0, 0.1) is 0 Å². The Morgan fingerprint density at radius 2 is 2.12 bits per heavy atom. The minimum Gasteiger partial charge on any atom is -0.385 e. The second-order valence-electron chi connectivity index (χ2n) is 6.74. The van der Waals surface area contributed by atoms with Gasteiger partial charge in [0.25, 0.3) is 0 Å². The van der Waals surface area contributed by atoms with Gasteiger partial charge in [-0.05, 0) is 31.4 Å². The van der Waals surface area contributed by atoms with Crippen LogP contribution in [0.15, 0.2) is 18.3 Å². The van der Waals surface area contributed by atoms with Crippen molar-refractivity contribution in [1.29, 1.82) is 0 Å². The van der Waals surface area contributed by atoms with Gasteiger partial charge in [0.15, 0.2) is 6.04 Å². The standard InChI is InChI=1S/C18H27N3O3/c1-24-12-6-11-21-16(22)13-20-10-5-9-15(20)17(21)18(23)19-14-7-3-2-4-8-14/h5,9-10,14,17H,2-4,6-8,11-13H2,1H3,(H,19,23). The number of aromatic nitrogens is 1. The molecule has 0 bridgehead atoms. The highest BCUT2D eigenvalue weighted by Gasteiger charge is 2.37. The lowest BCUT2D eigenvalue weighted by Gasteiger charge is -2.37. The molecule has 0 spiro atoms. The lowest BCUT2D eigenvalue weighted by molar-refractivity contribution is -0.144. The molecule has 1 aromatic heterocycles. The highest BCUT2D eigenvalue weighted by atomic mass is 16.5. The van der Waals surface area contributed by atoms with E-state index in [9.17, 15) is 9.59 Å². The van der Waals surface area contributed by atoms with Gasteiger partial charge < -0.3 is 19.5 Å². The second-order valence-corrected chi connectivity index (χ2v) is 6.74. The summed E-state index contributed by atoms with van der Waals surface area (Å²) < 4.78 is 6.99. The van der Waals surface area contributed by atoms with E-state index in [1.54, 1.807) is 12.0 Å². The maximum atomic E-state index is 13.0. The third kappa shape index (κ3) is 3.64. The van der Waals surface area contributed by atoms with E-state index in [0.29, 0.717) is 19.7 Å². The summed E-state index contributed by atoms with van der Waals surface area (Å²) in [6.07, 6.45) is 8.27. The Hall–Kier alpha value is -1.82. The topological polar surface area (TPSA) is 63.6 Å². The molecule has 3 rings (SSSR count). The smallest absolute Gasteiger partial charge is 0.249 e. The highest BCUT2D eigenvalue weighted by Crippen LogP contribution is 2.28. The third-order valence-electron chi connectivity index (χ3n) is 5.03. The number of fused-ring (bicyclic) bond motifs is 1. The van der Waals surface area contributed by atoms with Crippen molar-refractivity contribution in [2.24, 2.45) is 0 Å². The normalized spacial score (nSPS) is 21.6. The zero-order valence-corrected chi connectivity index (χ0v) is 14.4. The molecule has 24 heavy (non-hydrogen) atoms. The van der Waals surface area contributed by atoms with Crippen LogP contribution >= 0.6 is 0 Å². The largest absolute Gasteiger partial charge is 0.385 e. The molecule has 0 aromatic carbocycles. The highest BCUT2D eigenvalue weighted by molar-refractivity contribution is 5.90. The number of hydrogen-bond acceptors (Lipinski definition) is 3. The summed E-state index contributed by atoms with van der Waals surface area (Å²) in [5.41, 5.74) is 0.903. The van der Waals surface area contributed by atoms with E-state index in [2.05, 4.69) is 5.32 Å². The molecule has 6 heteroatoms. The third-order valence-corrected chi connectivity index (χ3v) is 5.03. The zero-order valence-electron chi connectivity index (χ0n) is 14.4. The molecule has 0 saturated heterocycles. The van der Waals surface area contributed by atoms with E-state index in [0.717, 1.165) is 25.0 Å². The van der Waals surface area contributed by atoms with Gasteiger partial charge in [-0.1, -0.05) is 19.3 Å². The Bertz CT molecular complexity index is 578. The van der Waals surface area contributed by atoms with Gasteiger partial charge in [0.1, 0.15) is 6.54 Å². The molecular weight excluding hydrogens is 306 g/mol. The number of methoxy groups -OCH3 is 1. The fourth-order valence-corrected chi connectivity index (χ4v) is 3.80. The summed E-state index contributed by atoms with van der Waals surface area (Å²) in [4.78, 5) is 27.2. The molecule has 1 aliphatic carbocycles. The minimum absolute atomic E-state index is 0.00130. The van der Waals surface area contributed by atoms with Crippen molar-refractivity contribution in [3.63, 3.8) is 0 Å². The lowest BCUT2D eigenvalue weighted by atomic mass is 9.95. The van der Waals surface area contributed by atoms with E-state index in [-0.39, 0.29) is 17.9 Å². The number of nitrogens with zero attached hydrogens (tertiary/aromatic N) is 2. The fraction of sp³-hybridized carbons (Fsp3) is 0.667. The quantitative estimate of drug-likeness (QED) is 0.808. The maximum Gasteiger partial charge on any atom is 0.249 e. The molecule has 1 saturated carbocycles. The Labute approximate surface area is 143 Å². The van der Waals surface area contributed by atoms with Crippen molar-refractivity contribution in [1.82, 2.24) is 14.8 Å². The molecule has 2 aliphatic rings. The van der Waals surface area contributed by atoms with Crippen LogP contribution in [0.25, 0.3) is 0 Å². The van der Waals surface area contributed by atoms with Gasteiger partial charge in [-0.15, -0.1) is 0 Å². The number of ether oxygens (including phenoxy) is 1. The molecule has 6 nitrogen and oxygen atoms in total. The van der Waals surface area contributed by atoms with E-state index in [4.69, 9.17) is 4.74 Å². The van der Waals surface area contributed by atoms with Gasteiger partial charge >= 0.3 is 0 Å². The maximum absolute atomic E-state index is 13.0. The van der Waals surface area contributed by atoms with E-state index >= 15 is 0 Å². The SMILES string of the molecule is COCCCN1C(=O)Cn2cccc2C1C(=O)NC1CCCCC1. The van der Waals surface area contributed by atoms with Gasteiger partial charge in [-0.3, -0.25) is 9.59 Å². The Morgan fingerprint density at radius 3 is 2.88 bits per heavy atom. The molecule has 1 aliphatic heterocycles. The summed E-state index contributed by atoms with van der Waals surface area (Å²) in [6.45, 7) is 1.44. The van der Waals surface area contributed by atoms with Crippen LogP contribution in [0.2, 0.25) is 0 Å². The molecule has 1 N–H and O–H groups in total. The van der Waals surface area contributed by atoms with Crippen LogP contribution < -0.4 is 5.32 Å². The first-order valence-corrected chi connectivity index (χ1v) is 8.94. The summed E-state index contributed by atoms with van der Waals surface area (Å²) in [5.74, 6) is -0.0501. The predicted octanol–water partition coefficient (Wildman–Crippen LogP) is 1.86. The Balaban J connectivity index is 1.76. The first kappa shape index (κ1) is 17.0. The average molecular weight is 333 g/mol. The number of nitrogens with one attached hydrogen (secondary N) is 1. The van der Waals surface area contributed by atoms with Crippen molar-refractivity contribution < 1.29 is 14.3 Å². The van der Waals surface area contributed by atoms with Crippen LogP contribution in [-0.4, -0.2) is 47.6 Å². The molecule has 1 fully saturated rings. The van der Waals surface area contributed by atoms with E-state index in [1.807, 2.05) is 22.9 Å². The molecular formula is C18H27N3O3. The number of carbonyl (C=O) groups excluding carboxylic acids is 2. The van der Waals surface area contributed by atoms with Crippen LogP contribution in [0.3, 0.4) is 0 Å². The lowest BCUT2D eigenvalue weighted by Crippen LogP contribution is -2.51. The van der Waals surface area contributed by atoms with Crippen molar-refractivity contribution in [2.45, 2.75) is 57.2 Å². The average Bonchev–Trinajstić information content (AvgIpc) is 3.03. The van der Waals surface area contributed by atoms with Crippen LogP contribution in [0.4, 0.5) is 0 Å². The summed E-state index contributed by atoms with van der Waals surface area (Å²) in [6, 6.07) is 3.57. The van der Waals surface area contributed by atoms with Crippen molar-refractivity contribution in [2.75, 3.05) is 20.3 Å². The van der Waals surface area contributed by atoms with Crippen molar-refractivity contribution in [3.05, 3.63) is 24.0 Å². The van der Waals surface area contributed by atoms with Gasteiger partial charge in [-0.25, -0.2) is 0 Å². The number of rotatable bonds is 6. The molecule has 1 atom stereocenters. The monoisotopic (exact) mass is 333 g/mol. The fourth-order valence-electron chi connectivity index (χ4n) is 3.80. The second kappa shape index (κ2) is 7.83. The van der Waals surface area contributed by atoms with E-state index in [1.165, 1.54) is 19.3 Å². The Kier molecular flexibility index (Phi) is 5.56. The summed E-state index contributed by atoms with van der Waals surface area (Å²) in [5, 5.41) is 3.18. The van der Waals surface area contributed by atoms with Gasteiger partial charge in [0, 0.05) is 32.5 Å². The minimum atomic E-state index is -0.528. The summed E-state index contributed by atoms with van der Waals surface area (Å²) >= 11 is 0. The molecule has 2 amide bonds. The molecule has 1 aromatic rings. The number of hydrogen-bond donors (Lipinski definition) is 1. The number of amides is 2. The van der Waals surface area contributed by atoms with Crippen molar-refractivity contribution >= 4 is 11.8 Å². The molecule has 2 heterocycles. The zero-order chi connectivity index (χ0) is 16.9. The predicted molar refractivity (Wildman–Crippen MR) is 90.4 cm³/mol. The molecule has 1 unspecified atom stereocenters. The first-order valence-electron chi connectivity index (χ1n) is 8.94. The van der Waals surface area contributed by atoms with E-state index < -0.39 is 6.04 Å². The Morgan fingerprint density at radius 1 is 1.33 bits per heavy atom. The van der Waals surface area contributed by atoms with Crippen LogP contribution in [0.5, 0.6) is 0 Å². The summed E-state index contributed by atoms with van der Waals surface area (Å²) in [7, 11) is 1.65. The number of carbonyl (C=O) groups is 2. The van der Waals surface area contributed by atoms with Crippen LogP contribution in [0.1, 0.15) is 50.3 Å². The first-order chi connectivity index (χ1) is 11.7. The van der Waals surface area contributed by atoms with Crippen LogP contribution in [-0.2, 0) is 20.9 Å². The van der Waals surface area contributed by atoms with Gasteiger partial charge in [-0.2, -0.15) is 0 Å². The van der Waals surface area contributed by atoms with Gasteiger partial charge in [0.2, 0.25) is 11.8 Å².